The molecule has 3 aliphatic carbocycles. The van der Waals surface area contributed by atoms with Crippen molar-refractivity contribution < 1.29 is 9.59 Å². The van der Waals surface area contributed by atoms with Crippen molar-refractivity contribution in [3.8, 4) is 0 Å². The molecule has 0 amide bonds. The molecule has 0 N–H and O–H groups in total. The number of hydrogen-bond acceptors (Lipinski definition) is 2. The second-order valence-corrected chi connectivity index (χ2v) is 3.70. The fraction of sp³-hybridized carbons (Fsp3) is 0.400. The van der Waals surface area contributed by atoms with Gasteiger partial charge in [-0.1, -0.05) is 18.2 Å². The lowest BCUT2D eigenvalue weighted by Crippen LogP contribution is -2.20. The molecule has 1 saturated carbocycles. The first-order valence-electron chi connectivity index (χ1n) is 4.23. The molecule has 3 rings (SSSR count). The lowest BCUT2D eigenvalue weighted by molar-refractivity contribution is -0.124. The molecule has 0 aromatic heterocycles. The molecule has 0 radical (unpaired) electrons. The lowest BCUT2D eigenvalue weighted by Gasteiger charge is -2.15. The second kappa shape index (κ2) is 1.76. The van der Waals surface area contributed by atoms with Crippen molar-refractivity contribution in [1.82, 2.24) is 0 Å². The van der Waals surface area contributed by atoms with Gasteiger partial charge in [0.15, 0.2) is 5.78 Å². The van der Waals surface area contributed by atoms with Gasteiger partial charge in [-0.15, -0.1) is 0 Å². The van der Waals surface area contributed by atoms with E-state index >= 15 is 0 Å². The highest BCUT2D eigenvalue weighted by Gasteiger charge is 2.54. The highest BCUT2D eigenvalue weighted by molar-refractivity contribution is 6.05. The van der Waals surface area contributed by atoms with Gasteiger partial charge < -0.3 is 0 Å². The Morgan fingerprint density at radius 3 is 2.50 bits per heavy atom. The summed E-state index contributed by atoms with van der Waals surface area (Å²) in [5.41, 5.74) is 0. The van der Waals surface area contributed by atoms with E-state index in [1.807, 2.05) is 18.2 Å². The maximum atomic E-state index is 11.5. The van der Waals surface area contributed by atoms with Crippen LogP contribution in [0.3, 0.4) is 0 Å². The monoisotopic (exact) mass is 160 g/mol. The van der Waals surface area contributed by atoms with Gasteiger partial charge in [-0.25, -0.2) is 0 Å². The molecule has 60 valence electrons. The fourth-order valence-corrected chi connectivity index (χ4v) is 2.65. The summed E-state index contributed by atoms with van der Waals surface area (Å²) < 4.78 is 0. The predicted octanol–water partition coefficient (Wildman–Crippen LogP) is 0.743. The van der Waals surface area contributed by atoms with Crippen LogP contribution in [0.15, 0.2) is 24.3 Å². The van der Waals surface area contributed by atoms with Crippen LogP contribution in [-0.2, 0) is 9.59 Å². The van der Waals surface area contributed by atoms with Gasteiger partial charge in [0.05, 0.1) is 0 Å². The second-order valence-electron chi connectivity index (χ2n) is 3.70. The van der Waals surface area contributed by atoms with Crippen LogP contribution in [0.1, 0.15) is 0 Å². The molecule has 0 aromatic carbocycles. The standard InChI is InChI=1S/C10H8O2/c11-8-4-3-5-6-1-2-7(9(5)8)10(6)12/h1-7,9H/t5-,6-,7-,9-/m0/s1. The number of fused-ring (bicyclic) bond motifs is 5. The number of rotatable bonds is 0. The van der Waals surface area contributed by atoms with E-state index in [0.29, 0.717) is 0 Å². The molecule has 2 bridgehead atoms. The zero-order chi connectivity index (χ0) is 8.29. The van der Waals surface area contributed by atoms with Crippen LogP contribution in [0.2, 0.25) is 0 Å². The normalized spacial score (nSPS) is 47.7. The third-order valence-corrected chi connectivity index (χ3v) is 3.21. The van der Waals surface area contributed by atoms with Gasteiger partial charge in [0, 0.05) is 23.7 Å². The van der Waals surface area contributed by atoms with Gasteiger partial charge >= 0.3 is 0 Å². The van der Waals surface area contributed by atoms with Crippen LogP contribution in [-0.4, -0.2) is 11.6 Å². The fourth-order valence-electron chi connectivity index (χ4n) is 2.65. The molecule has 2 heteroatoms. The number of allylic oxidation sites excluding steroid dienone is 4. The maximum Gasteiger partial charge on any atom is 0.160 e. The van der Waals surface area contributed by atoms with Crippen molar-refractivity contribution >= 4 is 11.6 Å². The first-order valence-corrected chi connectivity index (χ1v) is 4.23. The molecule has 2 nitrogen and oxygen atoms in total. The van der Waals surface area contributed by atoms with Crippen molar-refractivity contribution in [2.24, 2.45) is 23.7 Å². The van der Waals surface area contributed by atoms with E-state index in [0.717, 1.165) is 0 Å². The number of hydrogen-bond donors (Lipinski definition) is 0. The minimum atomic E-state index is -0.0949. The van der Waals surface area contributed by atoms with Crippen LogP contribution >= 0.6 is 0 Å². The highest BCUT2D eigenvalue weighted by Crippen LogP contribution is 2.48. The van der Waals surface area contributed by atoms with Gasteiger partial charge in [0.1, 0.15) is 5.78 Å². The Morgan fingerprint density at radius 2 is 1.75 bits per heavy atom. The summed E-state index contributed by atoms with van der Waals surface area (Å²) in [5.74, 6) is 0.477. The Balaban J connectivity index is 2.13. The van der Waals surface area contributed by atoms with Crippen molar-refractivity contribution in [3.05, 3.63) is 24.3 Å². The Kier molecular flexibility index (Phi) is 0.932. The SMILES string of the molecule is O=C1C=C[C@@H]2[C@H]1[C@@H]1C=C[C@@H]2C1=O. The van der Waals surface area contributed by atoms with Gasteiger partial charge in [0.2, 0.25) is 0 Å². The summed E-state index contributed by atoms with van der Waals surface area (Å²) in [5, 5.41) is 0. The molecule has 0 aliphatic heterocycles. The van der Waals surface area contributed by atoms with Crippen LogP contribution in [0.25, 0.3) is 0 Å². The molecule has 4 atom stereocenters. The van der Waals surface area contributed by atoms with Crippen molar-refractivity contribution in [1.29, 1.82) is 0 Å². The Bertz CT molecular complexity index is 338. The largest absolute Gasteiger partial charge is 0.298 e. The van der Waals surface area contributed by atoms with E-state index in [1.165, 1.54) is 0 Å². The van der Waals surface area contributed by atoms with Crippen LogP contribution < -0.4 is 0 Å². The Morgan fingerprint density at radius 1 is 1.00 bits per heavy atom. The zero-order valence-electron chi connectivity index (χ0n) is 6.44. The summed E-state index contributed by atoms with van der Waals surface area (Å²) in [6, 6.07) is 0. The Hall–Kier alpha value is -1.18. The van der Waals surface area contributed by atoms with Gasteiger partial charge in [-0.2, -0.15) is 0 Å². The third kappa shape index (κ3) is 0.501. The van der Waals surface area contributed by atoms with E-state index in [4.69, 9.17) is 0 Å². The van der Waals surface area contributed by atoms with Crippen LogP contribution in [0.5, 0.6) is 0 Å². The first kappa shape index (κ1) is 6.35. The summed E-state index contributed by atoms with van der Waals surface area (Å²) in [6.45, 7) is 0. The topological polar surface area (TPSA) is 34.1 Å². The summed E-state index contributed by atoms with van der Waals surface area (Å²) in [6.07, 6.45) is 7.39. The maximum absolute atomic E-state index is 11.5. The number of carbonyl (C=O) groups excluding carboxylic acids is 2. The molecule has 3 aliphatic rings. The molecule has 0 heterocycles. The van der Waals surface area contributed by atoms with E-state index in [2.05, 4.69) is 0 Å². The van der Waals surface area contributed by atoms with Crippen molar-refractivity contribution in [2.75, 3.05) is 0 Å². The minimum absolute atomic E-state index is 0.0164. The number of Topliss-reactive ketones (excluding diaryl/α,β-unsaturated/α-hetero) is 1. The van der Waals surface area contributed by atoms with Gasteiger partial charge in [-0.05, 0) is 6.08 Å². The summed E-state index contributed by atoms with van der Waals surface area (Å²) in [4.78, 5) is 22.8. The smallest absolute Gasteiger partial charge is 0.160 e. The molecule has 0 saturated heterocycles. The van der Waals surface area contributed by atoms with Crippen LogP contribution in [0, 0.1) is 23.7 Å². The molecular weight excluding hydrogens is 152 g/mol. The average Bonchev–Trinajstić information content (AvgIpc) is 2.66. The molecule has 0 unspecified atom stereocenters. The van der Waals surface area contributed by atoms with Crippen molar-refractivity contribution in [3.63, 3.8) is 0 Å². The minimum Gasteiger partial charge on any atom is -0.298 e. The molecule has 0 spiro atoms. The van der Waals surface area contributed by atoms with E-state index < -0.39 is 0 Å². The van der Waals surface area contributed by atoms with Gasteiger partial charge in [-0.3, -0.25) is 9.59 Å². The number of carbonyl (C=O) groups is 2. The molecule has 1 fully saturated rings. The lowest BCUT2D eigenvalue weighted by atomic mass is 9.85. The summed E-state index contributed by atoms with van der Waals surface area (Å²) in [7, 11) is 0. The third-order valence-electron chi connectivity index (χ3n) is 3.21. The zero-order valence-corrected chi connectivity index (χ0v) is 6.44. The average molecular weight is 160 g/mol. The van der Waals surface area contributed by atoms with E-state index in [-0.39, 0.29) is 35.2 Å². The molecule has 12 heavy (non-hydrogen) atoms. The predicted molar refractivity (Wildman–Crippen MR) is 42.3 cm³/mol. The van der Waals surface area contributed by atoms with Gasteiger partial charge in [0.25, 0.3) is 0 Å². The number of ketones is 2. The van der Waals surface area contributed by atoms with Crippen LogP contribution in [0.4, 0.5) is 0 Å². The first-order chi connectivity index (χ1) is 5.79. The quantitative estimate of drug-likeness (QED) is 0.490. The van der Waals surface area contributed by atoms with E-state index in [1.54, 1.807) is 6.08 Å². The summed E-state index contributed by atoms with van der Waals surface area (Å²) >= 11 is 0. The van der Waals surface area contributed by atoms with E-state index in [9.17, 15) is 9.59 Å². The Labute approximate surface area is 70.0 Å². The van der Waals surface area contributed by atoms with Crippen molar-refractivity contribution in [2.45, 2.75) is 0 Å². The molecule has 0 aromatic rings. The molecular formula is C10H8O2. The highest BCUT2D eigenvalue weighted by atomic mass is 16.1.